The van der Waals surface area contributed by atoms with Crippen LogP contribution in [-0.2, 0) is 0 Å². The number of halogens is 2. The minimum Gasteiger partial charge on any atom is -0.352 e. The van der Waals surface area contributed by atoms with Gasteiger partial charge in [-0.1, -0.05) is 13.0 Å². The Hall–Kier alpha value is -2.57. The summed E-state index contributed by atoms with van der Waals surface area (Å²) >= 11 is 0. The van der Waals surface area contributed by atoms with E-state index in [-0.39, 0.29) is 5.69 Å². The lowest BCUT2D eigenvalue weighted by Gasteiger charge is -2.35. The Balaban J connectivity index is 1.74. The summed E-state index contributed by atoms with van der Waals surface area (Å²) in [5, 5.41) is 2.21. The first-order valence-corrected chi connectivity index (χ1v) is 8.44. The number of benzene rings is 1. The van der Waals surface area contributed by atoms with E-state index in [0.717, 1.165) is 43.8 Å². The number of aromatic nitrogens is 2. The number of nitrogens with one attached hydrogen (secondary N) is 1. The molecule has 0 bridgehead atoms. The third-order valence-electron chi connectivity index (χ3n) is 4.46. The molecule has 0 aliphatic carbocycles. The van der Waals surface area contributed by atoms with Gasteiger partial charge in [-0.15, -0.1) is 0 Å². The van der Waals surface area contributed by atoms with Crippen LogP contribution in [0.5, 0.6) is 0 Å². The molecule has 1 atom stereocenters. The van der Waals surface area contributed by atoms with E-state index < -0.39 is 23.2 Å². The van der Waals surface area contributed by atoms with E-state index in [1.807, 2.05) is 0 Å². The molecule has 1 fully saturated rings. The predicted octanol–water partition coefficient (Wildman–Crippen LogP) is 3.78. The maximum absolute atomic E-state index is 13.6. The van der Waals surface area contributed by atoms with Crippen LogP contribution >= 0.6 is 0 Å². The van der Waals surface area contributed by atoms with Crippen LogP contribution in [-0.4, -0.2) is 28.5 Å². The molecule has 0 spiro atoms. The zero-order chi connectivity index (χ0) is 17.8. The van der Waals surface area contributed by atoms with Crippen LogP contribution in [0, 0.1) is 11.6 Å². The zero-order valence-corrected chi connectivity index (χ0v) is 14.0. The SMILES string of the molecule is CCC1CCCCN1c1cnc(C(=O)Nc2c(F)cccc2F)cn1. The topological polar surface area (TPSA) is 58.1 Å². The van der Waals surface area contributed by atoms with Crippen LogP contribution in [0.3, 0.4) is 0 Å². The van der Waals surface area contributed by atoms with Gasteiger partial charge in [0, 0.05) is 12.6 Å². The summed E-state index contributed by atoms with van der Waals surface area (Å²) in [6, 6.07) is 3.82. The number of carbonyl (C=O) groups excluding carboxylic acids is 1. The van der Waals surface area contributed by atoms with Gasteiger partial charge < -0.3 is 10.2 Å². The van der Waals surface area contributed by atoms with Crippen LogP contribution in [0.1, 0.15) is 43.1 Å². The van der Waals surface area contributed by atoms with Crippen molar-refractivity contribution < 1.29 is 13.6 Å². The number of amides is 1. The molecule has 132 valence electrons. The maximum Gasteiger partial charge on any atom is 0.276 e. The third-order valence-corrected chi connectivity index (χ3v) is 4.46. The van der Waals surface area contributed by atoms with E-state index in [9.17, 15) is 13.6 Å². The second-order valence-corrected chi connectivity index (χ2v) is 6.06. The standard InChI is InChI=1S/C18H20F2N4O/c1-2-12-6-3-4-9-24(12)16-11-21-15(10-22-16)18(25)23-17-13(19)7-5-8-14(17)20/h5,7-8,10-12H,2-4,6,9H2,1H3,(H,23,25). The number of piperidine rings is 1. The molecule has 2 aromatic rings. The van der Waals surface area contributed by atoms with Crippen molar-refractivity contribution in [2.24, 2.45) is 0 Å². The second-order valence-electron chi connectivity index (χ2n) is 6.06. The van der Waals surface area contributed by atoms with Crippen LogP contribution < -0.4 is 10.2 Å². The normalized spacial score (nSPS) is 17.4. The molecule has 2 heterocycles. The smallest absolute Gasteiger partial charge is 0.276 e. The number of carbonyl (C=O) groups is 1. The van der Waals surface area contributed by atoms with E-state index in [0.29, 0.717) is 6.04 Å². The summed E-state index contributed by atoms with van der Waals surface area (Å²) in [6.45, 7) is 3.06. The fraction of sp³-hybridized carbons (Fsp3) is 0.389. The Bertz CT molecular complexity index is 731. The van der Waals surface area contributed by atoms with Gasteiger partial charge in [0.1, 0.15) is 28.8 Å². The fourth-order valence-corrected chi connectivity index (χ4v) is 3.11. The fourth-order valence-electron chi connectivity index (χ4n) is 3.11. The van der Waals surface area contributed by atoms with Crippen molar-refractivity contribution in [3.63, 3.8) is 0 Å². The number of hydrogen-bond donors (Lipinski definition) is 1. The van der Waals surface area contributed by atoms with Gasteiger partial charge >= 0.3 is 0 Å². The molecule has 1 unspecified atom stereocenters. The molecule has 1 aromatic carbocycles. The van der Waals surface area contributed by atoms with Gasteiger partial charge in [0.05, 0.1) is 12.4 Å². The molecule has 0 saturated carbocycles. The molecule has 1 amide bonds. The van der Waals surface area contributed by atoms with Crippen LogP contribution in [0.15, 0.2) is 30.6 Å². The summed E-state index contributed by atoms with van der Waals surface area (Å²) in [5.74, 6) is -1.65. The summed E-state index contributed by atoms with van der Waals surface area (Å²) in [5.41, 5.74) is -0.475. The Morgan fingerprint density at radius 3 is 2.64 bits per heavy atom. The monoisotopic (exact) mass is 346 g/mol. The molecule has 1 aromatic heterocycles. The molecular formula is C18H20F2N4O. The number of anilines is 2. The molecule has 25 heavy (non-hydrogen) atoms. The summed E-state index contributed by atoms with van der Waals surface area (Å²) in [6.07, 6.45) is 7.33. The largest absolute Gasteiger partial charge is 0.352 e. The molecular weight excluding hydrogens is 326 g/mol. The van der Waals surface area contributed by atoms with E-state index in [2.05, 4.69) is 27.1 Å². The highest BCUT2D eigenvalue weighted by molar-refractivity contribution is 6.02. The highest BCUT2D eigenvalue weighted by Crippen LogP contribution is 2.24. The molecule has 3 rings (SSSR count). The van der Waals surface area contributed by atoms with Gasteiger partial charge in [-0.2, -0.15) is 0 Å². The van der Waals surface area contributed by atoms with Crippen molar-refractivity contribution in [1.82, 2.24) is 9.97 Å². The lowest BCUT2D eigenvalue weighted by atomic mass is 10.0. The number of rotatable bonds is 4. The first kappa shape index (κ1) is 17.3. The average Bonchev–Trinajstić information content (AvgIpc) is 2.65. The predicted molar refractivity (Wildman–Crippen MR) is 91.6 cm³/mol. The van der Waals surface area contributed by atoms with Crippen molar-refractivity contribution in [2.45, 2.75) is 38.6 Å². The molecule has 7 heteroatoms. The number of nitrogens with zero attached hydrogens (tertiary/aromatic N) is 3. The summed E-state index contributed by atoms with van der Waals surface area (Å²) in [4.78, 5) is 22.8. The first-order valence-electron chi connectivity index (χ1n) is 8.44. The number of hydrogen-bond acceptors (Lipinski definition) is 4. The molecule has 1 N–H and O–H groups in total. The summed E-state index contributed by atoms with van der Waals surface area (Å²) < 4.78 is 27.2. The van der Waals surface area contributed by atoms with Crippen molar-refractivity contribution in [3.05, 3.63) is 47.9 Å². The van der Waals surface area contributed by atoms with Crippen LogP contribution in [0.25, 0.3) is 0 Å². The lowest BCUT2D eigenvalue weighted by Crippen LogP contribution is -2.39. The van der Waals surface area contributed by atoms with E-state index in [1.54, 1.807) is 6.20 Å². The second kappa shape index (κ2) is 7.55. The van der Waals surface area contributed by atoms with Crippen LogP contribution in [0.2, 0.25) is 0 Å². The zero-order valence-electron chi connectivity index (χ0n) is 14.0. The number of para-hydroxylation sites is 1. The first-order chi connectivity index (χ1) is 12.1. The van der Waals surface area contributed by atoms with Gasteiger partial charge in [-0.3, -0.25) is 4.79 Å². The lowest BCUT2D eigenvalue weighted by molar-refractivity contribution is 0.102. The summed E-state index contributed by atoms with van der Waals surface area (Å²) in [7, 11) is 0. The van der Waals surface area contributed by atoms with Gasteiger partial charge in [0.15, 0.2) is 0 Å². The third kappa shape index (κ3) is 3.75. The molecule has 1 aliphatic rings. The van der Waals surface area contributed by atoms with Crippen LogP contribution in [0.4, 0.5) is 20.3 Å². The van der Waals surface area contributed by atoms with E-state index in [1.165, 1.54) is 18.7 Å². The Morgan fingerprint density at radius 2 is 2.00 bits per heavy atom. The minimum absolute atomic E-state index is 0.0106. The molecule has 0 radical (unpaired) electrons. The van der Waals surface area contributed by atoms with E-state index in [4.69, 9.17) is 0 Å². The van der Waals surface area contributed by atoms with Gasteiger partial charge in [0.2, 0.25) is 0 Å². The Kier molecular flexibility index (Phi) is 5.21. The molecule has 1 saturated heterocycles. The van der Waals surface area contributed by atoms with Crippen molar-refractivity contribution in [2.75, 3.05) is 16.8 Å². The Labute approximate surface area is 145 Å². The quantitative estimate of drug-likeness (QED) is 0.915. The molecule has 1 aliphatic heterocycles. The van der Waals surface area contributed by atoms with Crippen molar-refractivity contribution >= 4 is 17.4 Å². The van der Waals surface area contributed by atoms with E-state index >= 15 is 0 Å². The highest BCUT2D eigenvalue weighted by Gasteiger charge is 2.23. The minimum atomic E-state index is -0.836. The highest BCUT2D eigenvalue weighted by atomic mass is 19.1. The van der Waals surface area contributed by atoms with Crippen molar-refractivity contribution in [3.8, 4) is 0 Å². The Morgan fingerprint density at radius 1 is 1.24 bits per heavy atom. The van der Waals surface area contributed by atoms with Gasteiger partial charge in [0.25, 0.3) is 5.91 Å². The maximum atomic E-state index is 13.6. The average molecular weight is 346 g/mol. The van der Waals surface area contributed by atoms with Gasteiger partial charge in [-0.05, 0) is 37.8 Å². The molecule has 5 nitrogen and oxygen atoms in total. The van der Waals surface area contributed by atoms with Gasteiger partial charge in [-0.25, -0.2) is 18.7 Å². The van der Waals surface area contributed by atoms with Crippen molar-refractivity contribution in [1.29, 1.82) is 0 Å².